The normalized spacial score (nSPS) is 23.5. The molecule has 0 amide bonds. The lowest BCUT2D eigenvalue weighted by Gasteiger charge is -2.41. The maximum absolute atomic E-state index is 12.9. The highest BCUT2D eigenvalue weighted by Crippen LogP contribution is 2.50. The Kier molecular flexibility index (Phi) is 4.92. The highest BCUT2D eigenvalue weighted by atomic mass is 19.4. The van der Waals surface area contributed by atoms with Gasteiger partial charge in [0.2, 0.25) is 0 Å². The molecule has 0 N–H and O–H groups in total. The Bertz CT molecular complexity index is 926. The van der Waals surface area contributed by atoms with E-state index in [1.807, 2.05) is 0 Å². The fourth-order valence-electron chi connectivity index (χ4n) is 5.59. The number of anilines is 2. The number of piperidine rings is 1. The van der Waals surface area contributed by atoms with Crippen LogP contribution in [0.2, 0.25) is 0 Å². The van der Waals surface area contributed by atoms with Crippen molar-refractivity contribution in [1.29, 1.82) is 0 Å². The number of likely N-dealkylation sites (tertiary alicyclic amines) is 1. The largest absolute Gasteiger partial charge is 0.416 e. The number of rotatable bonds is 4. The quantitative estimate of drug-likeness (QED) is 0.713. The van der Waals surface area contributed by atoms with Crippen molar-refractivity contribution in [2.45, 2.75) is 37.4 Å². The van der Waals surface area contributed by atoms with Crippen LogP contribution in [0.1, 0.15) is 35.4 Å². The van der Waals surface area contributed by atoms with Gasteiger partial charge in [0.05, 0.1) is 16.9 Å². The van der Waals surface area contributed by atoms with Crippen LogP contribution >= 0.6 is 0 Å². The van der Waals surface area contributed by atoms with Gasteiger partial charge in [0.15, 0.2) is 0 Å². The number of benzene rings is 2. The Morgan fingerprint density at radius 1 is 1.03 bits per heavy atom. The molecule has 1 fully saturated rings. The number of nitrogens with zero attached hydrogens (tertiary/aromatic N) is 3. The Hall–Kier alpha value is -2.21. The summed E-state index contributed by atoms with van der Waals surface area (Å²) in [6.07, 6.45) is -1.54. The third-order valence-corrected chi connectivity index (χ3v) is 7.08. The summed E-state index contributed by atoms with van der Waals surface area (Å²) < 4.78 is 38.8. The molecule has 0 radical (unpaired) electrons. The molecule has 2 aromatic carbocycles. The molecule has 0 bridgehead atoms. The summed E-state index contributed by atoms with van der Waals surface area (Å²) in [5, 5.41) is 0. The number of halogens is 3. The van der Waals surface area contributed by atoms with E-state index in [-0.39, 0.29) is 0 Å². The van der Waals surface area contributed by atoms with Gasteiger partial charge < -0.3 is 14.7 Å². The zero-order chi connectivity index (χ0) is 20.9. The first-order valence-corrected chi connectivity index (χ1v) is 10.9. The molecule has 0 spiro atoms. The lowest BCUT2D eigenvalue weighted by atomic mass is 9.89. The average Bonchev–Trinajstić information content (AvgIpc) is 3.05. The van der Waals surface area contributed by atoms with E-state index in [0.29, 0.717) is 18.4 Å². The number of para-hydroxylation sites is 1. The molecular formula is C24H28F3N3. The van der Waals surface area contributed by atoms with Crippen LogP contribution in [-0.2, 0) is 12.6 Å². The van der Waals surface area contributed by atoms with Crippen molar-refractivity contribution in [1.82, 2.24) is 4.90 Å². The fraction of sp³-hybridized carbons (Fsp3) is 0.500. The molecular weight excluding hydrogens is 387 g/mol. The maximum Gasteiger partial charge on any atom is 0.416 e. The van der Waals surface area contributed by atoms with Crippen molar-refractivity contribution in [3.8, 4) is 0 Å². The average molecular weight is 416 g/mol. The van der Waals surface area contributed by atoms with E-state index in [0.717, 1.165) is 57.2 Å². The number of hydrogen-bond acceptors (Lipinski definition) is 3. The second kappa shape index (κ2) is 7.49. The molecule has 30 heavy (non-hydrogen) atoms. The van der Waals surface area contributed by atoms with Crippen LogP contribution in [0.4, 0.5) is 24.5 Å². The minimum atomic E-state index is -4.27. The zero-order valence-corrected chi connectivity index (χ0v) is 17.3. The summed E-state index contributed by atoms with van der Waals surface area (Å²) in [6.45, 7) is 5.22. The van der Waals surface area contributed by atoms with Gasteiger partial charge in [0, 0.05) is 45.2 Å². The molecule has 5 rings (SSSR count). The van der Waals surface area contributed by atoms with E-state index in [1.165, 1.54) is 29.1 Å². The topological polar surface area (TPSA) is 9.72 Å². The summed E-state index contributed by atoms with van der Waals surface area (Å²) >= 11 is 0. The number of alkyl halides is 3. The van der Waals surface area contributed by atoms with Gasteiger partial charge in [0.25, 0.3) is 0 Å². The number of hydrogen-bond donors (Lipinski definition) is 0. The predicted molar refractivity (Wildman–Crippen MR) is 114 cm³/mol. The SMILES string of the molecule is CN1CCN2c3c(cccc31)[C@@H]1CN(CCCc3cccc(C(F)(F)F)c3)CC[C@@H]12. The fourth-order valence-corrected chi connectivity index (χ4v) is 5.59. The molecule has 3 aliphatic rings. The van der Waals surface area contributed by atoms with Crippen LogP contribution in [0.25, 0.3) is 0 Å². The lowest BCUT2D eigenvalue weighted by molar-refractivity contribution is -0.137. The second-order valence-corrected chi connectivity index (χ2v) is 8.89. The highest BCUT2D eigenvalue weighted by Gasteiger charge is 2.44. The van der Waals surface area contributed by atoms with Gasteiger partial charge >= 0.3 is 6.18 Å². The first kappa shape index (κ1) is 19.7. The first-order chi connectivity index (χ1) is 14.4. The van der Waals surface area contributed by atoms with Gasteiger partial charge in [0.1, 0.15) is 0 Å². The van der Waals surface area contributed by atoms with Crippen molar-refractivity contribution < 1.29 is 13.2 Å². The molecule has 2 aromatic rings. The Labute approximate surface area is 176 Å². The third kappa shape index (κ3) is 3.45. The second-order valence-electron chi connectivity index (χ2n) is 8.89. The molecule has 0 aliphatic carbocycles. The van der Waals surface area contributed by atoms with E-state index >= 15 is 0 Å². The Morgan fingerprint density at radius 3 is 2.70 bits per heavy atom. The van der Waals surface area contributed by atoms with Crippen LogP contribution in [0.5, 0.6) is 0 Å². The summed E-state index contributed by atoms with van der Waals surface area (Å²) in [5.74, 6) is 0.536. The van der Waals surface area contributed by atoms with Gasteiger partial charge in [-0.1, -0.05) is 30.3 Å². The molecule has 1 saturated heterocycles. The van der Waals surface area contributed by atoms with E-state index in [4.69, 9.17) is 0 Å². The van der Waals surface area contributed by atoms with Crippen LogP contribution in [0.3, 0.4) is 0 Å². The summed E-state index contributed by atoms with van der Waals surface area (Å²) in [5.41, 5.74) is 4.49. The predicted octanol–water partition coefficient (Wildman–Crippen LogP) is 4.77. The van der Waals surface area contributed by atoms with Crippen LogP contribution in [-0.4, -0.2) is 50.7 Å². The van der Waals surface area contributed by atoms with Gasteiger partial charge in [-0.3, -0.25) is 0 Å². The summed E-state index contributed by atoms with van der Waals surface area (Å²) in [4.78, 5) is 7.51. The minimum absolute atomic E-state index is 0.536. The van der Waals surface area contributed by atoms with Crippen LogP contribution in [0, 0.1) is 0 Å². The monoisotopic (exact) mass is 415 g/mol. The van der Waals surface area contributed by atoms with Crippen LogP contribution < -0.4 is 9.80 Å². The Morgan fingerprint density at radius 2 is 1.87 bits per heavy atom. The molecule has 3 aliphatic heterocycles. The number of likely N-dealkylation sites (N-methyl/N-ethyl adjacent to an activating group) is 1. The van der Waals surface area contributed by atoms with E-state index in [9.17, 15) is 13.2 Å². The van der Waals surface area contributed by atoms with Crippen LogP contribution in [0.15, 0.2) is 42.5 Å². The molecule has 160 valence electrons. The van der Waals surface area contributed by atoms with E-state index < -0.39 is 11.7 Å². The molecule has 0 aromatic heterocycles. The van der Waals surface area contributed by atoms with Crippen molar-refractivity contribution in [2.75, 3.05) is 49.6 Å². The zero-order valence-electron chi connectivity index (χ0n) is 17.3. The summed E-state index contributed by atoms with van der Waals surface area (Å²) in [6, 6.07) is 13.1. The van der Waals surface area contributed by atoms with E-state index in [1.54, 1.807) is 6.07 Å². The number of fused-ring (bicyclic) bond motifs is 3. The number of aryl methyl sites for hydroxylation is 1. The first-order valence-electron chi connectivity index (χ1n) is 10.9. The van der Waals surface area contributed by atoms with Gasteiger partial charge in [-0.25, -0.2) is 0 Å². The molecule has 0 unspecified atom stereocenters. The van der Waals surface area contributed by atoms with Crippen molar-refractivity contribution >= 4 is 11.4 Å². The summed E-state index contributed by atoms with van der Waals surface area (Å²) in [7, 11) is 2.18. The maximum atomic E-state index is 12.9. The smallest absolute Gasteiger partial charge is 0.371 e. The molecule has 0 saturated carbocycles. The van der Waals surface area contributed by atoms with Crippen molar-refractivity contribution in [3.63, 3.8) is 0 Å². The third-order valence-electron chi connectivity index (χ3n) is 7.08. The molecule has 6 heteroatoms. The minimum Gasteiger partial charge on any atom is -0.371 e. The van der Waals surface area contributed by atoms with Gasteiger partial charge in [-0.2, -0.15) is 13.2 Å². The standard InChI is InChI=1S/C24H28F3N3/c1-28-13-14-30-21-10-12-29(16-20(21)19-8-3-9-22(28)23(19)30)11-4-6-17-5-2-7-18(15-17)24(25,26)27/h2-3,5,7-9,15,20-21H,4,6,10-14,16H2,1H3/t20-,21-/m0/s1. The van der Waals surface area contributed by atoms with E-state index in [2.05, 4.69) is 39.9 Å². The molecule has 3 heterocycles. The van der Waals surface area contributed by atoms with Gasteiger partial charge in [-0.15, -0.1) is 0 Å². The lowest BCUT2D eigenvalue weighted by Crippen LogP contribution is -2.49. The molecule has 2 atom stereocenters. The Balaban J connectivity index is 1.23. The van der Waals surface area contributed by atoms with Crippen molar-refractivity contribution in [3.05, 3.63) is 59.2 Å². The molecule has 3 nitrogen and oxygen atoms in total. The highest BCUT2D eigenvalue weighted by molar-refractivity contribution is 5.80. The van der Waals surface area contributed by atoms with Crippen molar-refractivity contribution in [2.24, 2.45) is 0 Å². The van der Waals surface area contributed by atoms with Gasteiger partial charge in [-0.05, 0) is 49.1 Å².